The molecule has 1 aromatic rings. The first kappa shape index (κ1) is 20.3. The van der Waals surface area contributed by atoms with Gasteiger partial charge in [-0.25, -0.2) is 4.98 Å². The molecule has 2 rings (SSSR count). The molecular weight excluding hydrogens is 375 g/mol. The highest BCUT2D eigenvalue weighted by atomic mass is 35.5. The predicted molar refractivity (Wildman–Crippen MR) is 88.9 cm³/mol. The number of carboxylic acid groups (broad SMARTS) is 1. The first-order valence-electron chi connectivity index (χ1n) is 8.01. The topological polar surface area (TPSA) is 82.5 Å². The van der Waals surface area contributed by atoms with Crippen LogP contribution in [0.3, 0.4) is 0 Å². The summed E-state index contributed by atoms with van der Waals surface area (Å²) in [6, 6.07) is 0.766. The number of carbonyl (C=O) groups excluding carboxylic acids is 1. The minimum Gasteiger partial charge on any atom is -0.481 e. The molecular formula is C16H19ClF3N3O3. The second-order valence-corrected chi connectivity index (χ2v) is 6.92. The van der Waals surface area contributed by atoms with Gasteiger partial charge in [0, 0.05) is 32.3 Å². The Kier molecular flexibility index (Phi) is 6.00. The fourth-order valence-corrected chi connectivity index (χ4v) is 3.03. The summed E-state index contributed by atoms with van der Waals surface area (Å²) >= 11 is 5.79. The summed E-state index contributed by atoms with van der Waals surface area (Å²) in [6.45, 7) is 2.36. The molecule has 2 N–H and O–H groups in total. The van der Waals surface area contributed by atoms with E-state index in [0.717, 1.165) is 6.07 Å². The van der Waals surface area contributed by atoms with Crippen LogP contribution in [0.1, 0.15) is 31.7 Å². The van der Waals surface area contributed by atoms with E-state index in [1.807, 2.05) is 0 Å². The SMILES string of the molecule is CC1(C(=O)O)CCCN(C(=O)CCNc2ncc(C(F)(F)F)cc2Cl)C1. The van der Waals surface area contributed by atoms with E-state index in [9.17, 15) is 27.9 Å². The maximum atomic E-state index is 12.6. The Labute approximate surface area is 153 Å². The van der Waals surface area contributed by atoms with Gasteiger partial charge in [-0.15, -0.1) is 0 Å². The normalized spacial score (nSPS) is 20.7. The lowest BCUT2D eigenvalue weighted by Gasteiger charge is -2.37. The maximum Gasteiger partial charge on any atom is 0.417 e. The van der Waals surface area contributed by atoms with Crippen molar-refractivity contribution in [1.82, 2.24) is 9.88 Å². The van der Waals surface area contributed by atoms with E-state index < -0.39 is 23.1 Å². The number of rotatable bonds is 5. The summed E-state index contributed by atoms with van der Waals surface area (Å²) < 4.78 is 37.7. The molecule has 144 valence electrons. The summed E-state index contributed by atoms with van der Waals surface area (Å²) in [4.78, 5) is 28.7. The molecule has 0 radical (unpaired) electrons. The first-order chi connectivity index (χ1) is 12.0. The fraction of sp³-hybridized carbons (Fsp3) is 0.562. The van der Waals surface area contributed by atoms with E-state index in [0.29, 0.717) is 25.6 Å². The summed E-state index contributed by atoms with van der Waals surface area (Å²) in [7, 11) is 0. The number of carbonyl (C=O) groups is 2. The molecule has 0 saturated carbocycles. The number of halogens is 4. The van der Waals surface area contributed by atoms with Crippen LogP contribution in [0.5, 0.6) is 0 Å². The molecule has 6 nitrogen and oxygen atoms in total. The molecule has 0 aliphatic carbocycles. The van der Waals surface area contributed by atoms with Crippen molar-refractivity contribution in [2.45, 2.75) is 32.4 Å². The molecule has 0 bridgehead atoms. The van der Waals surface area contributed by atoms with Crippen molar-refractivity contribution >= 4 is 29.3 Å². The number of nitrogens with one attached hydrogen (secondary N) is 1. The van der Waals surface area contributed by atoms with E-state index in [4.69, 9.17) is 11.6 Å². The molecule has 1 atom stereocenters. The van der Waals surface area contributed by atoms with Gasteiger partial charge >= 0.3 is 12.1 Å². The predicted octanol–water partition coefficient (Wildman–Crippen LogP) is 3.27. The zero-order valence-electron chi connectivity index (χ0n) is 14.1. The number of piperidine rings is 1. The quantitative estimate of drug-likeness (QED) is 0.802. The molecule has 0 aromatic carbocycles. The number of carboxylic acids is 1. The Morgan fingerprint density at radius 1 is 1.46 bits per heavy atom. The number of hydrogen-bond acceptors (Lipinski definition) is 4. The van der Waals surface area contributed by atoms with Crippen molar-refractivity contribution in [2.75, 3.05) is 25.0 Å². The fourth-order valence-electron chi connectivity index (χ4n) is 2.80. The zero-order valence-corrected chi connectivity index (χ0v) is 14.8. The van der Waals surface area contributed by atoms with Gasteiger partial charge in [0.25, 0.3) is 0 Å². The van der Waals surface area contributed by atoms with E-state index >= 15 is 0 Å². The summed E-state index contributed by atoms with van der Waals surface area (Å²) in [5.41, 5.74) is -1.91. The smallest absolute Gasteiger partial charge is 0.417 e. The second kappa shape index (κ2) is 7.69. The molecule has 1 fully saturated rings. The van der Waals surface area contributed by atoms with Gasteiger partial charge in [0.15, 0.2) is 0 Å². The van der Waals surface area contributed by atoms with Crippen LogP contribution in [-0.2, 0) is 15.8 Å². The summed E-state index contributed by atoms with van der Waals surface area (Å²) in [5.74, 6) is -1.11. The lowest BCUT2D eigenvalue weighted by molar-refractivity contribution is -0.153. The van der Waals surface area contributed by atoms with Crippen LogP contribution in [0, 0.1) is 5.41 Å². The van der Waals surface area contributed by atoms with Gasteiger partial charge in [0.2, 0.25) is 5.91 Å². The van der Waals surface area contributed by atoms with Gasteiger partial charge in [-0.3, -0.25) is 9.59 Å². The molecule has 0 spiro atoms. The van der Waals surface area contributed by atoms with Crippen LogP contribution in [0.4, 0.5) is 19.0 Å². The van der Waals surface area contributed by atoms with E-state index in [1.54, 1.807) is 6.92 Å². The third-order valence-electron chi connectivity index (χ3n) is 4.37. The van der Waals surface area contributed by atoms with Crippen LogP contribution in [-0.4, -0.2) is 46.5 Å². The Hall–Kier alpha value is -2.03. The average Bonchev–Trinajstić information content (AvgIpc) is 2.55. The van der Waals surface area contributed by atoms with E-state index in [2.05, 4.69) is 10.3 Å². The second-order valence-electron chi connectivity index (χ2n) is 6.51. The van der Waals surface area contributed by atoms with Gasteiger partial charge in [-0.05, 0) is 25.8 Å². The minimum absolute atomic E-state index is 0.0503. The standard InChI is InChI=1S/C16H19ClF3N3O3/c1-15(14(25)26)4-2-6-23(9-15)12(24)3-5-21-13-11(17)7-10(8-22-13)16(18,19)20/h7-8H,2-6,9H2,1H3,(H,21,22)(H,25,26). The number of aromatic nitrogens is 1. The van der Waals surface area contributed by atoms with Gasteiger partial charge in [-0.1, -0.05) is 11.6 Å². The summed E-state index contributed by atoms with van der Waals surface area (Å²) in [5, 5.41) is 11.8. The van der Waals surface area contributed by atoms with Crippen molar-refractivity contribution in [3.8, 4) is 0 Å². The van der Waals surface area contributed by atoms with Gasteiger partial charge < -0.3 is 15.3 Å². The van der Waals surface area contributed by atoms with Crippen molar-refractivity contribution < 1.29 is 27.9 Å². The minimum atomic E-state index is -4.53. The summed E-state index contributed by atoms with van der Waals surface area (Å²) in [6.07, 6.45) is -2.70. The zero-order chi connectivity index (χ0) is 19.5. The Morgan fingerprint density at radius 2 is 2.15 bits per heavy atom. The Bertz CT molecular complexity index is 699. The number of nitrogens with zero attached hydrogens (tertiary/aromatic N) is 2. The number of aliphatic carboxylic acids is 1. The first-order valence-corrected chi connectivity index (χ1v) is 8.38. The van der Waals surface area contributed by atoms with Crippen LogP contribution >= 0.6 is 11.6 Å². The number of pyridine rings is 1. The number of amides is 1. The third kappa shape index (κ3) is 4.78. The highest BCUT2D eigenvalue weighted by Crippen LogP contribution is 2.32. The molecule has 2 heterocycles. The molecule has 26 heavy (non-hydrogen) atoms. The Balaban J connectivity index is 1.90. The number of anilines is 1. The van der Waals surface area contributed by atoms with Crippen LogP contribution < -0.4 is 5.32 Å². The highest BCUT2D eigenvalue weighted by Gasteiger charge is 2.39. The van der Waals surface area contributed by atoms with Crippen molar-refractivity contribution in [1.29, 1.82) is 0 Å². The molecule has 1 unspecified atom stereocenters. The van der Waals surface area contributed by atoms with Crippen LogP contribution in [0.2, 0.25) is 5.02 Å². The van der Waals surface area contributed by atoms with Crippen molar-refractivity contribution in [2.24, 2.45) is 5.41 Å². The maximum absolute atomic E-state index is 12.6. The third-order valence-corrected chi connectivity index (χ3v) is 4.65. The molecule has 1 aliphatic rings. The van der Waals surface area contributed by atoms with Gasteiger partial charge in [0.05, 0.1) is 16.0 Å². The molecule has 10 heteroatoms. The van der Waals surface area contributed by atoms with E-state index in [-0.39, 0.29) is 36.3 Å². The number of hydrogen-bond donors (Lipinski definition) is 2. The highest BCUT2D eigenvalue weighted by molar-refractivity contribution is 6.32. The molecule has 1 aliphatic heterocycles. The van der Waals surface area contributed by atoms with Gasteiger partial charge in [-0.2, -0.15) is 13.2 Å². The largest absolute Gasteiger partial charge is 0.481 e. The van der Waals surface area contributed by atoms with Crippen molar-refractivity contribution in [3.05, 3.63) is 22.8 Å². The van der Waals surface area contributed by atoms with Crippen molar-refractivity contribution in [3.63, 3.8) is 0 Å². The van der Waals surface area contributed by atoms with Crippen LogP contribution in [0.15, 0.2) is 12.3 Å². The van der Waals surface area contributed by atoms with Gasteiger partial charge in [0.1, 0.15) is 5.82 Å². The average molecular weight is 394 g/mol. The number of alkyl halides is 3. The lowest BCUT2D eigenvalue weighted by Crippen LogP contribution is -2.48. The molecule has 1 saturated heterocycles. The lowest BCUT2D eigenvalue weighted by atomic mass is 9.82. The van der Waals surface area contributed by atoms with E-state index in [1.165, 1.54) is 4.90 Å². The Morgan fingerprint density at radius 3 is 2.73 bits per heavy atom. The number of likely N-dealkylation sites (tertiary alicyclic amines) is 1. The van der Waals surface area contributed by atoms with Crippen LogP contribution in [0.25, 0.3) is 0 Å². The molecule has 1 aromatic heterocycles. The monoisotopic (exact) mass is 393 g/mol. The molecule has 1 amide bonds.